The van der Waals surface area contributed by atoms with Crippen LogP contribution in [-0.2, 0) is 4.79 Å². The third-order valence-electron chi connectivity index (χ3n) is 2.31. The minimum absolute atomic E-state index is 0.00630. The van der Waals surface area contributed by atoms with Gasteiger partial charge in [-0.2, -0.15) is 0 Å². The van der Waals surface area contributed by atoms with Gasteiger partial charge in [-0.15, -0.1) is 0 Å². The summed E-state index contributed by atoms with van der Waals surface area (Å²) < 4.78 is 0. The van der Waals surface area contributed by atoms with Crippen LogP contribution in [-0.4, -0.2) is 24.5 Å². The lowest BCUT2D eigenvalue weighted by Crippen LogP contribution is -2.51. The predicted octanol–water partition coefficient (Wildman–Crippen LogP) is 0.997. The Hall–Kier alpha value is -0.540. The van der Waals surface area contributed by atoms with Gasteiger partial charge in [-0.05, 0) is 26.3 Å². The van der Waals surface area contributed by atoms with E-state index in [1.807, 2.05) is 6.92 Å². The van der Waals surface area contributed by atoms with E-state index in [-0.39, 0.29) is 5.91 Å². The molecule has 0 aromatic carbocycles. The fourth-order valence-corrected chi connectivity index (χ4v) is 1.53. The van der Waals surface area contributed by atoms with Crippen molar-refractivity contribution in [3.8, 4) is 0 Å². The summed E-state index contributed by atoms with van der Waals surface area (Å²) in [6.45, 7) is 6.67. The van der Waals surface area contributed by atoms with Crippen LogP contribution in [0.3, 0.4) is 0 Å². The van der Waals surface area contributed by atoms with Crippen LogP contribution in [0.4, 0.5) is 0 Å². The average molecular weight is 203 g/mol. The van der Waals surface area contributed by atoms with Gasteiger partial charge in [-0.1, -0.05) is 18.2 Å². The predicted molar refractivity (Wildman–Crippen MR) is 53.6 cm³/mol. The van der Waals surface area contributed by atoms with E-state index in [4.69, 9.17) is 11.6 Å². The summed E-state index contributed by atoms with van der Waals surface area (Å²) in [5.74, 6) is 0.00630. The highest BCUT2D eigenvalue weighted by atomic mass is 35.5. The summed E-state index contributed by atoms with van der Waals surface area (Å²) >= 11 is 5.54. The lowest BCUT2D eigenvalue weighted by molar-refractivity contribution is -0.126. The smallest absolute Gasteiger partial charge is 0.240 e. The Kier molecular flexibility index (Phi) is 3.33. The molecule has 1 amide bonds. The molecule has 4 heteroatoms. The van der Waals surface area contributed by atoms with Crippen LogP contribution in [0, 0.1) is 0 Å². The quantitative estimate of drug-likeness (QED) is 0.717. The molecular formula is C9H15ClN2O. The molecule has 1 heterocycles. The van der Waals surface area contributed by atoms with Gasteiger partial charge in [-0.25, -0.2) is 0 Å². The monoisotopic (exact) mass is 202 g/mol. The fourth-order valence-electron chi connectivity index (χ4n) is 1.46. The summed E-state index contributed by atoms with van der Waals surface area (Å²) in [5, 5.41) is 6.36. The summed E-state index contributed by atoms with van der Waals surface area (Å²) in [6, 6.07) is 0. The van der Waals surface area contributed by atoms with E-state index >= 15 is 0 Å². The second-order valence-corrected chi connectivity index (χ2v) is 4.10. The molecule has 2 N–H and O–H groups in total. The van der Waals surface area contributed by atoms with E-state index in [1.165, 1.54) is 0 Å². The van der Waals surface area contributed by atoms with Crippen molar-refractivity contribution in [2.45, 2.75) is 25.3 Å². The highest BCUT2D eigenvalue weighted by Crippen LogP contribution is 2.18. The maximum atomic E-state index is 11.6. The molecule has 0 spiro atoms. The van der Waals surface area contributed by atoms with Gasteiger partial charge in [-0.3, -0.25) is 4.79 Å². The zero-order valence-electron chi connectivity index (χ0n) is 7.82. The molecule has 1 aliphatic heterocycles. The van der Waals surface area contributed by atoms with Gasteiger partial charge in [0.05, 0.1) is 12.1 Å². The van der Waals surface area contributed by atoms with E-state index in [0.29, 0.717) is 11.6 Å². The largest absolute Gasteiger partial charge is 0.350 e. The van der Waals surface area contributed by atoms with Crippen LogP contribution in [0.15, 0.2) is 11.6 Å². The lowest BCUT2D eigenvalue weighted by Gasteiger charge is -2.22. The van der Waals surface area contributed by atoms with Gasteiger partial charge in [0.15, 0.2) is 0 Å². The van der Waals surface area contributed by atoms with Crippen LogP contribution in [0.2, 0.25) is 0 Å². The van der Waals surface area contributed by atoms with Crippen molar-refractivity contribution < 1.29 is 4.79 Å². The first kappa shape index (κ1) is 10.5. The Morgan fingerprint density at radius 1 is 1.77 bits per heavy atom. The molecule has 1 atom stereocenters. The summed E-state index contributed by atoms with van der Waals surface area (Å²) in [4.78, 5) is 11.6. The molecule has 0 aromatic rings. The molecule has 0 aromatic heterocycles. The maximum absolute atomic E-state index is 11.6. The Morgan fingerprint density at radius 2 is 2.46 bits per heavy atom. The van der Waals surface area contributed by atoms with E-state index in [2.05, 4.69) is 17.2 Å². The van der Waals surface area contributed by atoms with Gasteiger partial charge >= 0.3 is 0 Å². The zero-order chi connectivity index (χ0) is 9.90. The van der Waals surface area contributed by atoms with Crippen molar-refractivity contribution in [2.24, 2.45) is 0 Å². The Balaban J connectivity index is 2.42. The van der Waals surface area contributed by atoms with Gasteiger partial charge in [0.2, 0.25) is 5.91 Å². The maximum Gasteiger partial charge on any atom is 0.240 e. The van der Waals surface area contributed by atoms with Crippen molar-refractivity contribution in [2.75, 3.05) is 13.1 Å². The minimum Gasteiger partial charge on any atom is -0.350 e. The first-order chi connectivity index (χ1) is 6.04. The lowest BCUT2D eigenvalue weighted by atomic mass is 9.99. The molecule has 0 saturated carbocycles. The third kappa shape index (κ3) is 2.71. The first-order valence-electron chi connectivity index (χ1n) is 4.41. The Morgan fingerprint density at radius 3 is 2.92 bits per heavy atom. The van der Waals surface area contributed by atoms with Crippen molar-refractivity contribution >= 4 is 17.5 Å². The Labute approximate surface area is 83.5 Å². The number of halogens is 1. The molecule has 0 aliphatic carbocycles. The first-order valence-corrected chi connectivity index (χ1v) is 4.79. The highest BCUT2D eigenvalue weighted by molar-refractivity contribution is 6.29. The highest BCUT2D eigenvalue weighted by Gasteiger charge is 2.35. The molecule has 1 saturated heterocycles. The van der Waals surface area contributed by atoms with E-state index in [0.717, 1.165) is 19.4 Å². The van der Waals surface area contributed by atoms with Gasteiger partial charge in [0.25, 0.3) is 0 Å². The number of carbonyl (C=O) groups is 1. The SMILES string of the molecule is C=C(Cl)CNC(=O)C1(C)CCCN1. The minimum atomic E-state index is -0.410. The van der Waals surface area contributed by atoms with E-state index in [1.54, 1.807) is 0 Å². The van der Waals surface area contributed by atoms with Crippen LogP contribution in [0.1, 0.15) is 19.8 Å². The van der Waals surface area contributed by atoms with Crippen molar-refractivity contribution in [1.82, 2.24) is 10.6 Å². The van der Waals surface area contributed by atoms with Gasteiger partial charge < -0.3 is 10.6 Å². The van der Waals surface area contributed by atoms with Crippen LogP contribution in [0.25, 0.3) is 0 Å². The van der Waals surface area contributed by atoms with Crippen molar-refractivity contribution in [3.05, 3.63) is 11.6 Å². The number of hydrogen-bond acceptors (Lipinski definition) is 2. The second-order valence-electron chi connectivity index (χ2n) is 3.56. The standard InChI is InChI=1S/C9H15ClN2O/c1-7(10)6-11-8(13)9(2)4-3-5-12-9/h12H,1,3-6H2,2H3,(H,11,13). The van der Waals surface area contributed by atoms with Crippen LogP contribution in [0.5, 0.6) is 0 Å². The van der Waals surface area contributed by atoms with Crippen LogP contribution >= 0.6 is 11.6 Å². The van der Waals surface area contributed by atoms with E-state index in [9.17, 15) is 4.79 Å². The summed E-state index contributed by atoms with van der Waals surface area (Å²) in [6.07, 6.45) is 1.93. The van der Waals surface area contributed by atoms with Gasteiger partial charge in [0, 0.05) is 5.03 Å². The van der Waals surface area contributed by atoms with Crippen LogP contribution < -0.4 is 10.6 Å². The number of rotatable bonds is 3. The molecule has 1 rings (SSSR count). The fraction of sp³-hybridized carbons (Fsp3) is 0.667. The molecular weight excluding hydrogens is 188 g/mol. The molecule has 1 fully saturated rings. The zero-order valence-corrected chi connectivity index (χ0v) is 8.58. The van der Waals surface area contributed by atoms with Crippen molar-refractivity contribution in [3.63, 3.8) is 0 Å². The molecule has 13 heavy (non-hydrogen) atoms. The van der Waals surface area contributed by atoms with Gasteiger partial charge in [0.1, 0.15) is 0 Å². The number of carbonyl (C=O) groups excluding carboxylic acids is 1. The molecule has 0 radical (unpaired) electrons. The molecule has 1 aliphatic rings. The van der Waals surface area contributed by atoms with Crippen molar-refractivity contribution in [1.29, 1.82) is 0 Å². The molecule has 3 nitrogen and oxygen atoms in total. The summed E-state index contributed by atoms with van der Waals surface area (Å²) in [5.41, 5.74) is -0.410. The van der Waals surface area contributed by atoms with E-state index < -0.39 is 5.54 Å². The number of amides is 1. The third-order valence-corrected chi connectivity index (χ3v) is 2.44. The normalized spacial score (nSPS) is 27.2. The topological polar surface area (TPSA) is 41.1 Å². The second kappa shape index (κ2) is 4.11. The number of nitrogens with one attached hydrogen (secondary N) is 2. The average Bonchev–Trinajstić information content (AvgIpc) is 2.49. The number of hydrogen-bond donors (Lipinski definition) is 2. The molecule has 74 valence electrons. The molecule has 0 bridgehead atoms. The summed E-state index contributed by atoms with van der Waals surface area (Å²) in [7, 11) is 0. The Bertz CT molecular complexity index is 222. The molecule has 1 unspecified atom stereocenters.